The molecule has 0 spiro atoms. The van der Waals surface area contributed by atoms with Gasteiger partial charge in [-0.2, -0.15) is 0 Å². The molecule has 0 fully saturated rings. The Morgan fingerprint density at radius 2 is 1.89 bits per heavy atom. The highest BCUT2D eigenvalue weighted by Gasteiger charge is 2.27. The number of carbonyl (C=O) groups is 1. The Balaban J connectivity index is 2.04. The fraction of sp³-hybridized carbons (Fsp3) is 0.438. The summed E-state index contributed by atoms with van der Waals surface area (Å²) in [6, 6.07) is 8.13. The monoisotopic (exact) mass is 258 g/mol. The van der Waals surface area contributed by atoms with E-state index in [1.165, 1.54) is 5.56 Å². The van der Waals surface area contributed by atoms with Crippen LogP contribution in [0.5, 0.6) is 0 Å². The third kappa shape index (κ3) is 3.67. The maximum Gasteiger partial charge on any atom is 0.157 e. The summed E-state index contributed by atoms with van der Waals surface area (Å²) in [4.78, 5) is 11.7. The highest BCUT2D eigenvalue weighted by molar-refractivity contribution is 5.91. The van der Waals surface area contributed by atoms with Crippen LogP contribution in [0.25, 0.3) is 0 Å². The van der Waals surface area contributed by atoms with Gasteiger partial charge in [-0.1, -0.05) is 38.1 Å². The molecule has 0 atom stereocenters. The lowest BCUT2D eigenvalue weighted by atomic mass is 9.79. The fourth-order valence-corrected chi connectivity index (χ4v) is 2.60. The van der Waals surface area contributed by atoms with Crippen LogP contribution in [0.2, 0.25) is 0 Å². The Morgan fingerprint density at radius 3 is 2.53 bits per heavy atom. The minimum absolute atomic E-state index is 0.0571. The fourth-order valence-electron chi connectivity index (χ4n) is 2.60. The number of allylic oxidation sites excluding steroid dienone is 2. The van der Waals surface area contributed by atoms with Crippen molar-refractivity contribution in [2.24, 2.45) is 11.1 Å². The molecular formula is C16H22N2O. The average molecular weight is 258 g/mol. The molecule has 3 N–H and O–H groups in total. The molecule has 19 heavy (non-hydrogen) atoms. The van der Waals surface area contributed by atoms with Gasteiger partial charge in [-0.05, 0) is 23.0 Å². The van der Waals surface area contributed by atoms with Gasteiger partial charge in [0.2, 0.25) is 0 Å². The summed E-state index contributed by atoms with van der Waals surface area (Å²) >= 11 is 0. The van der Waals surface area contributed by atoms with Crippen LogP contribution in [-0.4, -0.2) is 5.78 Å². The Morgan fingerprint density at radius 1 is 1.21 bits per heavy atom. The average Bonchev–Trinajstić information content (AvgIpc) is 2.34. The van der Waals surface area contributed by atoms with E-state index in [-0.39, 0.29) is 11.2 Å². The van der Waals surface area contributed by atoms with Gasteiger partial charge in [0.15, 0.2) is 5.78 Å². The van der Waals surface area contributed by atoms with E-state index in [2.05, 4.69) is 25.2 Å². The van der Waals surface area contributed by atoms with E-state index < -0.39 is 0 Å². The molecule has 0 aromatic heterocycles. The van der Waals surface area contributed by atoms with Crippen molar-refractivity contribution in [3.63, 3.8) is 0 Å². The van der Waals surface area contributed by atoms with Crippen LogP contribution < -0.4 is 11.1 Å². The second-order valence-electron chi connectivity index (χ2n) is 5.98. The van der Waals surface area contributed by atoms with E-state index in [0.29, 0.717) is 13.0 Å². The molecule has 0 radical (unpaired) electrons. The molecule has 102 valence electrons. The van der Waals surface area contributed by atoms with E-state index in [9.17, 15) is 4.79 Å². The zero-order valence-corrected chi connectivity index (χ0v) is 11.7. The van der Waals surface area contributed by atoms with Crippen molar-refractivity contribution < 1.29 is 4.79 Å². The van der Waals surface area contributed by atoms with Crippen LogP contribution >= 0.6 is 0 Å². The molecule has 1 aromatic rings. The molecule has 0 unspecified atom stereocenters. The number of hydrogen-bond donors (Lipinski definition) is 2. The molecule has 0 amide bonds. The van der Waals surface area contributed by atoms with Crippen LogP contribution in [-0.2, 0) is 17.9 Å². The Kier molecular flexibility index (Phi) is 4.05. The van der Waals surface area contributed by atoms with Gasteiger partial charge in [-0.3, -0.25) is 4.79 Å². The van der Waals surface area contributed by atoms with Gasteiger partial charge in [0.05, 0.1) is 0 Å². The summed E-state index contributed by atoms with van der Waals surface area (Å²) in [5, 5.41) is 3.38. The van der Waals surface area contributed by atoms with Crippen LogP contribution in [0.3, 0.4) is 0 Å². The highest BCUT2D eigenvalue weighted by atomic mass is 16.1. The van der Waals surface area contributed by atoms with Crippen molar-refractivity contribution in [1.29, 1.82) is 0 Å². The Labute approximate surface area is 114 Å². The van der Waals surface area contributed by atoms with E-state index in [4.69, 9.17) is 5.73 Å². The first-order valence-electron chi connectivity index (χ1n) is 6.74. The first-order valence-corrected chi connectivity index (χ1v) is 6.74. The molecule has 0 heterocycles. The molecule has 1 aliphatic carbocycles. The van der Waals surface area contributed by atoms with Gasteiger partial charge in [0, 0.05) is 31.3 Å². The molecule has 1 aliphatic rings. The van der Waals surface area contributed by atoms with E-state index >= 15 is 0 Å². The molecule has 3 nitrogen and oxygen atoms in total. The zero-order chi connectivity index (χ0) is 13.9. The Hall–Kier alpha value is -1.61. The first kappa shape index (κ1) is 13.8. The van der Waals surface area contributed by atoms with Crippen molar-refractivity contribution in [3.8, 4) is 0 Å². The number of hydrogen-bond acceptors (Lipinski definition) is 3. The summed E-state index contributed by atoms with van der Waals surface area (Å²) in [5.41, 5.74) is 9.17. The maximum absolute atomic E-state index is 11.7. The van der Waals surface area contributed by atoms with Crippen LogP contribution in [0.4, 0.5) is 0 Å². The van der Waals surface area contributed by atoms with Gasteiger partial charge in [-0.25, -0.2) is 0 Å². The number of rotatable bonds is 4. The third-order valence-electron chi connectivity index (χ3n) is 3.50. The normalized spacial score (nSPS) is 18.1. The van der Waals surface area contributed by atoms with E-state index in [1.807, 2.05) is 18.2 Å². The molecule has 0 bridgehead atoms. The van der Waals surface area contributed by atoms with Crippen LogP contribution in [0.15, 0.2) is 36.0 Å². The lowest BCUT2D eigenvalue weighted by Gasteiger charge is -2.29. The van der Waals surface area contributed by atoms with Gasteiger partial charge in [-0.15, -0.1) is 0 Å². The lowest BCUT2D eigenvalue weighted by Crippen LogP contribution is -2.28. The summed E-state index contributed by atoms with van der Waals surface area (Å²) < 4.78 is 0. The molecule has 2 rings (SSSR count). The van der Waals surface area contributed by atoms with Crippen molar-refractivity contribution in [3.05, 3.63) is 47.2 Å². The van der Waals surface area contributed by atoms with Gasteiger partial charge in [0.25, 0.3) is 0 Å². The summed E-state index contributed by atoms with van der Waals surface area (Å²) in [6.45, 7) is 5.53. The summed E-state index contributed by atoms with van der Waals surface area (Å²) in [5.74, 6) is 0.214. The molecular weight excluding hydrogens is 236 g/mol. The predicted octanol–water partition coefficient (Wildman–Crippen LogP) is 2.51. The van der Waals surface area contributed by atoms with Crippen molar-refractivity contribution in [2.45, 2.75) is 39.8 Å². The van der Waals surface area contributed by atoms with E-state index in [0.717, 1.165) is 24.2 Å². The maximum atomic E-state index is 11.7. The molecule has 3 heteroatoms. The highest BCUT2D eigenvalue weighted by Crippen LogP contribution is 2.32. The number of carbonyl (C=O) groups excluding carboxylic acids is 1. The summed E-state index contributed by atoms with van der Waals surface area (Å²) in [6.07, 6.45) is 3.30. The van der Waals surface area contributed by atoms with Crippen molar-refractivity contribution in [2.75, 3.05) is 0 Å². The van der Waals surface area contributed by atoms with Crippen LogP contribution in [0.1, 0.15) is 37.8 Å². The van der Waals surface area contributed by atoms with Gasteiger partial charge < -0.3 is 11.1 Å². The first-order chi connectivity index (χ1) is 9.00. The lowest BCUT2D eigenvalue weighted by molar-refractivity contribution is -0.117. The summed E-state index contributed by atoms with van der Waals surface area (Å²) in [7, 11) is 0. The second kappa shape index (κ2) is 5.57. The minimum Gasteiger partial charge on any atom is -0.384 e. The molecule has 0 saturated carbocycles. The van der Waals surface area contributed by atoms with Gasteiger partial charge >= 0.3 is 0 Å². The van der Waals surface area contributed by atoms with Gasteiger partial charge in [0.1, 0.15) is 0 Å². The number of ketones is 1. The predicted molar refractivity (Wildman–Crippen MR) is 77.3 cm³/mol. The standard InChI is InChI=1S/C16H22N2O/c1-16(2)8-14(7-15(19)9-16)18-11-13-6-4-3-5-12(13)10-17/h3-7,18H,8-11,17H2,1-2H3. The van der Waals surface area contributed by atoms with Crippen molar-refractivity contribution in [1.82, 2.24) is 5.32 Å². The number of nitrogens with two attached hydrogens (primary N) is 1. The quantitative estimate of drug-likeness (QED) is 0.872. The second-order valence-corrected chi connectivity index (χ2v) is 5.98. The minimum atomic E-state index is 0.0571. The molecule has 1 aromatic carbocycles. The third-order valence-corrected chi connectivity index (χ3v) is 3.50. The largest absolute Gasteiger partial charge is 0.384 e. The number of benzene rings is 1. The van der Waals surface area contributed by atoms with E-state index in [1.54, 1.807) is 6.08 Å². The Bertz CT molecular complexity index is 503. The smallest absolute Gasteiger partial charge is 0.157 e. The van der Waals surface area contributed by atoms with Crippen molar-refractivity contribution >= 4 is 5.78 Å². The SMILES string of the molecule is CC1(C)CC(=O)C=C(NCc2ccccc2CN)C1. The number of nitrogens with one attached hydrogen (secondary N) is 1. The molecule has 0 saturated heterocycles. The molecule has 0 aliphatic heterocycles. The van der Waals surface area contributed by atoms with Crippen LogP contribution in [0, 0.1) is 5.41 Å². The topological polar surface area (TPSA) is 55.1 Å². The zero-order valence-electron chi connectivity index (χ0n) is 11.7.